The number of unbranched alkanes of at least 4 members (excludes halogenated alkanes) is 25. The molecule has 2 nitrogen and oxygen atoms in total. The Hall–Kier alpha value is -0.530. The predicted molar refractivity (Wildman–Crippen MR) is 170 cm³/mol. The monoisotopic (exact) mass is 537 g/mol. The first kappa shape index (κ1) is 37.5. The van der Waals surface area contributed by atoms with Crippen molar-refractivity contribution in [3.8, 4) is 0 Å². The maximum Gasteiger partial charge on any atom is 0.305 e. The number of carbonyl (C=O) groups is 1. The lowest BCUT2D eigenvalue weighted by atomic mass is 9.98. The average Bonchev–Trinajstić information content (AvgIpc) is 2.93. The van der Waals surface area contributed by atoms with E-state index in [-0.39, 0.29) is 5.97 Å². The molecular weight excluding hydrogens is 464 g/mol. The van der Waals surface area contributed by atoms with Crippen molar-refractivity contribution in [1.29, 1.82) is 0 Å². The van der Waals surface area contributed by atoms with E-state index in [9.17, 15) is 4.79 Å². The zero-order valence-electron chi connectivity index (χ0n) is 26.8. The maximum absolute atomic E-state index is 12.1. The fourth-order valence-electron chi connectivity index (χ4n) is 5.60. The van der Waals surface area contributed by atoms with Crippen LogP contribution in [0.3, 0.4) is 0 Å². The summed E-state index contributed by atoms with van der Waals surface area (Å²) < 4.78 is 5.63. The molecule has 0 saturated carbocycles. The van der Waals surface area contributed by atoms with E-state index in [1.807, 2.05) is 0 Å². The Morgan fingerprint density at radius 3 is 1.11 bits per heavy atom. The van der Waals surface area contributed by atoms with Gasteiger partial charge in [0.25, 0.3) is 0 Å². The molecule has 0 aliphatic rings. The van der Waals surface area contributed by atoms with Gasteiger partial charge in [-0.2, -0.15) is 0 Å². The van der Waals surface area contributed by atoms with Crippen LogP contribution >= 0.6 is 0 Å². The summed E-state index contributed by atoms with van der Waals surface area (Å²) in [4.78, 5) is 12.1. The fourth-order valence-corrected chi connectivity index (χ4v) is 5.60. The largest absolute Gasteiger partial charge is 0.465 e. The second-order valence-electron chi connectivity index (χ2n) is 12.3. The fraction of sp³-hybridized carbons (Fsp3) is 0.972. The van der Waals surface area contributed by atoms with Crippen LogP contribution in [0.2, 0.25) is 0 Å². The van der Waals surface area contributed by atoms with Crippen LogP contribution in [0.25, 0.3) is 0 Å². The Balaban J connectivity index is 3.39. The summed E-state index contributed by atoms with van der Waals surface area (Å²) in [5.41, 5.74) is 0. The Bertz CT molecular complexity index is 447. The van der Waals surface area contributed by atoms with E-state index < -0.39 is 0 Å². The van der Waals surface area contributed by atoms with Crippen molar-refractivity contribution in [2.45, 2.75) is 213 Å². The Morgan fingerprint density at radius 2 is 0.763 bits per heavy atom. The van der Waals surface area contributed by atoms with Gasteiger partial charge in [0, 0.05) is 6.42 Å². The van der Waals surface area contributed by atoms with Crippen molar-refractivity contribution in [1.82, 2.24) is 0 Å². The smallest absolute Gasteiger partial charge is 0.305 e. The minimum absolute atomic E-state index is 0.0347. The number of hydrogen-bond donors (Lipinski definition) is 0. The SMILES string of the molecule is CCCCCCCCCCCCCCCCC(CC)COC(=O)CCCCCCCCCCCCCCC. The van der Waals surface area contributed by atoms with E-state index in [1.165, 1.54) is 173 Å². The van der Waals surface area contributed by atoms with Gasteiger partial charge in [-0.15, -0.1) is 0 Å². The van der Waals surface area contributed by atoms with Crippen LogP contribution in [0.15, 0.2) is 0 Å². The van der Waals surface area contributed by atoms with Gasteiger partial charge < -0.3 is 4.74 Å². The van der Waals surface area contributed by atoms with Gasteiger partial charge in [-0.05, 0) is 18.8 Å². The van der Waals surface area contributed by atoms with Crippen molar-refractivity contribution >= 4 is 5.97 Å². The molecule has 0 aromatic heterocycles. The first-order valence-electron chi connectivity index (χ1n) is 17.9. The van der Waals surface area contributed by atoms with Gasteiger partial charge in [0.05, 0.1) is 6.61 Å². The first-order chi connectivity index (χ1) is 18.7. The minimum Gasteiger partial charge on any atom is -0.465 e. The molecule has 0 aliphatic carbocycles. The molecule has 0 N–H and O–H groups in total. The molecule has 0 saturated heterocycles. The number of hydrogen-bond acceptors (Lipinski definition) is 2. The normalized spacial score (nSPS) is 12.2. The zero-order chi connectivity index (χ0) is 27.8. The molecule has 0 amide bonds. The van der Waals surface area contributed by atoms with Crippen molar-refractivity contribution in [2.24, 2.45) is 5.92 Å². The molecule has 0 fully saturated rings. The Labute approximate surface area is 241 Å². The predicted octanol–water partition coefficient (Wildman–Crippen LogP) is 12.9. The van der Waals surface area contributed by atoms with Crippen molar-refractivity contribution in [2.75, 3.05) is 6.61 Å². The van der Waals surface area contributed by atoms with E-state index in [0.717, 1.165) is 12.8 Å². The number of ether oxygens (including phenoxy) is 1. The minimum atomic E-state index is 0.0347. The van der Waals surface area contributed by atoms with Crippen LogP contribution in [-0.2, 0) is 9.53 Å². The van der Waals surface area contributed by atoms with Gasteiger partial charge in [-0.3, -0.25) is 4.79 Å². The number of rotatable bonds is 32. The molecule has 0 heterocycles. The van der Waals surface area contributed by atoms with Crippen LogP contribution in [0.4, 0.5) is 0 Å². The quantitative estimate of drug-likeness (QED) is 0.0631. The molecule has 0 aliphatic heterocycles. The average molecular weight is 537 g/mol. The topological polar surface area (TPSA) is 26.3 Å². The highest BCUT2D eigenvalue weighted by molar-refractivity contribution is 5.69. The molecule has 38 heavy (non-hydrogen) atoms. The van der Waals surface area contributed by atoms with Crippen LogP contribution in [0.5, 0.6) is 0 Å². The third-order valence-corrected chi connectivity index (χ3v) is 8.51. The molecule has 228 valence electrons. The first-order valence-corrected chi connectivity index (χ1v) is 17.9. The molecular formula is C36H72O2. The molecule has 0 aromatic rings. The molecule has 0 aromatic carbocycles. The zero-order valence-corrected chi connectivity index (χ0v) is 26.8. The molecule has 0 rings (SSSR count). The van der Waals surface area contributed by atoms with Crippen molar-refractivity contribution in [3.05, 3.63) is 0 Å². The van der Waals surface area contributed by atoms with Gasteiger partial charge in [-0.1, -0.05) is 194 Å². The van der Waals surface area contributed by atoms with Crippen molar-refractivity contribution < 1.29 is 9.53 Å². The van der Waals surface area contributed by atoms with Gasteiger partial charge >= 0.3 is 5.97 Å². The van der Waals surface area contributed by atoms with Crippen LogP contribution < -0.4 is 0 Å². The standard InChI is InChI=1S/C36H72O2/c1-4-7-9-11-13-15-17-19-21-22-24-26-28-30-32-35(6-3)34-38-36(37)33-31-29-27-25-23-20-18-16-14-12-10-8-5-2/h35H,4-34H2,1-3H3. The van der Waals surface area contributed by atoms with E-state index >= 15 is 0 Å². The summed E-state index contributed by atoms with van der Waals surface area (Å²) in [6, 6.07) is 0. The molecule has 0 radical (unpaired) electrons. The Morgan fingerprint density at radius 1 is 0.447 bits per heavy atom. The molecule has 1 unspecified atom stereocenters. The van der Waals surface area contributed by atoms with E-state index in [0.29, 0.717) is 18.9 Å². The third-order valence-electron chi connectivity index (χ3n) is 8.51. The third kappa shape index (κ3) is 30.0. The lowest BCUT2D eigenvalue weighted by Gasteiger charge is -2.15. The Kier molecular flexibility index (Phi) is 32.2. The van der Waals surface area contributed by atoms with Gasteiger partial charge in [0.2, 0.25) is 0 Å². The highest BCUT2D eigenvalue weighted by Gasteiger charge is 2.10. The summed E-state index contributed by atoms with van der Waals surface area (Å²) in [6.45, 7) is 7.47. The lowest BCUT2D eigenvalue weighted by molar-refractivity contribution is -0.145. The van der Waals surface area contributed by atoms with E-state index in [4.69, 9.17) is 4.74 Å². The van der Waals surface area contributed by atoms with Crippen LogP contribution in [-0.4, -0.2) is 12.6 Å². The highest BCUT2D eigenvalue weighted by atomic mass is 16.5. The summed E-state index contributed by atoms with van der Waals surface area (Å²) in [6.07, 6.45) is 40.2. The molecule has 0 bridgehead atoms. The second kappa shape index (κ2) is 32.7. The molecule has 1 atom stereocenters. The molecule has 2 heteroatoms. The van der Waals surface area contributed by atoms with Crippen molar-refractivity contribution in [3.63, 3.8) is 0 Å². The highest BCUT2D eigenvalue weighted by Crippen LogP contribution is 2.18. The maximum atomic E-state index is 12.1. The second-order valence-corrected chi connectivity index (χ2v) is 12.3. The summed E-state index contributed by atoms with van der Waals surface area (Å²) >= 11 is 0. The summed E-state index contributed by atoms with van der Waals surface area (Å²) in [5.74, 6) is 0.593. The lowest BCUT2D eigenvalue weighted by Crippen LogP contribution is -2.13. The molecule has 0 spiro atoms. The van der Waals surface area contributed by atoms with Gasteiger partial charge in [0.15, 0.2) is 0 Å². The number of esters is 1. The van der Waals surface area contributed by atoms with E-state index in [2.05, 4.69) is 20.8 Å². The van der Waals surface area contributed by atoms with Gasteiger partial charge in [0.1, 0.15) is 0 Å². The summed E-state index contributed by atoms with van der Waals surface area (Å²) in [5, 5.41) is 0. The summed E-state index contributed by atoms with van der Waals surface area (Å²) in [7, 11) is 0. The van der Waals surface area contributed by atoms with Gasteiger partial charge in [-0.25, -0.2) is 0 Å². The van der Waals surface area contributed by atoms with Crippen LogP contribution in [0.1, 0.15) is 213 Å². The van der Waals surface area contributed by atoms with E-state index in [1.54, 1.807) is 0 Å². The van der Waals surface area contributed by atoms with Crippen LogP contribution in [0, 0.1) is 5.92 Å². The number of carbonyl (C=O) groups excluding carboxylic acids is 1.